The van der Waals surface area contributed by atoms with Gasteiger partial charge in [0.05, 0.1) is 0 Å². The molecular weight excluding hydrogens is 961 g/mol. The number of hydrogen-bond acceptors (Lipinski definition) is 6. The Labute approximate surface area is 484 Å². The second-order valence-corrected chi connectivity index (χ2v) is 22.7. The van der Waals surface area contributed by atoms with E-state index in [4.69, 9.17) is 14.2 Å². The first-order chi connectivity index (χ1) is 38.5. The van der Waals surface area contributed by atoms with E-state index in [-0.39, 0.29) is 31.1 Å². The Balaban J connectivity index is 4.23. The molecule has 0 radical (unpaired) electrons. The monoisotopic (exact) mass is 1090 g/mol. The van der Waals surface area contributed by atoms with Gasteiger partial charge in [-0.2, -0.15) is 0 Å². The number of hydrogen-bond donors (Lipinski definition) is 0. The minimum Gasteiger partial charge on any atom is -0.462 e. The zero-order chi connectivity index (χ0) is 56.4. The van der Waals surface area contributed by atoms with Crippen LogP contribution < -0.4 is 0 Å². The first-order valence-corrected chi connectivity index (χ1v) is 33.9. The fourth-order valence-corrected chi connectivity index (χ4v) is 9.88. The predicted molar refractivity (Wildman–Crippen MR) is 339 cm³/mol. The highest BCUT2D eigenvalue weighted by Crippen LogP contribution is 2.18. The molecule has 6 heteroatoms. The molecule has 452 valence electrons. The van der Waals surface area contributed by atoms with Crippen LogP contribution in [0.2, 0.25) is 0 Å². The van der Waals surface area contributed by atoms with Gasteiger partial charge in [0.25, 0.3) is 0 Å². The Morgan fingerprint density at radius 2 is 0.500 bits per heavy atom. The molecule has 0 aliphatic rings. The summed E-state index contributed by atoms with van der Waals surface area (Å²) in [6, 6.07) is 0. The number of rotatable bonds is 62. The molecule has 6 nitrogen and oxygen atoms in total. The third-order valence-corrected chi connectivity index (χ3v) is 14.9. The summed E-state index contributed by atoms with van der Waals surface area (Å²) in [4.78, 5) is 38.4. The summed E-state index contributed by atoms with van der Waals surface area (Å²) in [5.41, 5.74) is 0. The standard InChI is InChI=1S/C72H128O6/c1-4-7-10-13-16-19-22-25-28-30-31-32-33-34-35-36-37-38-39-40-41-42-45-47-50-53-56-59-62-65-71(74)77-68-69(67-76-70(73)64-61-58-55-52-49-46-43-27-24-21-18-15-12-9-6-3)78-72(75)66-63-60-57-54-51-48-44-29-26-23-20-17-14-11-8-5-2/h7,10,16,18-19,21,25,27-28,31-32,43,69H,4-6,8-9,11-15,17,20,22-24,26,29-30,33-42,44-68H2,1-3H3/b10-7-,19-16-,21-18-,28-25-,32-31-,43-27-. The largest absolute Gasteiger partial charge is 0.462 e. The Bertz CT molecular complexity index is 1440. The summed E-state index contributed by atoms with van der Waals surface area (Å²) in [6.45, 7) is 6.54. The van der Waals surface area contributed by atoms with Gasteiger partial charge in [-0.05, 0) is 89.9 Å². The van der Waals surface area contributed by atoms with Crippen molar-refractivity contribution >= 4 is 17.9 Å². The van der Waals surface area contributed by atoms with Crippen LogP contribution in [-0.2, 0) is 28.6 Å². The smallest absolute Gasteiger partial charge is 0.306 e. The third-order valence-electron chi connectivity index (χ3n) is 14.9. The van der Waals surface area contributed by atoms with Crippen LogP contribution in [-0.4, -0.2) is 37.2 Å². The van der Waals surface area contributed by atoms with E-state index >= 15 is 0 Å². The van der Waals surface area contributed by atoms with Crippen molar-refractivity contribution in [2.75, 3.05) is 13.2 Å². The van der Waals surface area contributed by atoms with Crippen LogP contribution in [0.25, 0.3) is 0 Å². The van der Waals surface area contributed by atoms with Crippen LogP contribution in [0.1, 0.15) is 348 Å². The summed E-state index contributed by atoms with van der Waals surface area (Å²) in [6.07, 6.45) is 86.3. The lowest BCUT2D eigenvalue weighted by Gasteiger charge is -2.18. The van der Waals surface area contributed by atoms with Gasteiger partial charge < -0.3 is 14.2 Å². The number of unbranched alkanes of at least 4 members (excludes halogenated alkanes) is 39. The highest BCUT2D eigenvalue weighted by molar-refractivity contribution is 5.71. The van der Waals surface area contributed by atoms with Crippen LogP contribution in [0, 0.1) is 0 Å². The molecule has 0 saturated heterocycles. The van der Waals surface area contributed by atoms with E-state index in [0.29, 0.717) is 19.3 Å². The minimum absolute atomic E-state index is 0.0751. The topological polar surface area (TPSA) is 78.9 Å². The van der Waals surface area contributed by atoms with E-state index in [1.165, 1.54) is 205 Å². The molecule has 0 aromatic carbocycles. The summed E-state index contributed by atoms with van der Waals surface area (Å²) < 4.78 is 17.0. The molecule has 0 amide bonds. The molecule has 0 heterocycles. The van der Waals surface area contributed by atoms with E-state index in [2.05, 4.69) is 93.7 Å². The van der Waals surface area contributed by atoms with E-state index in [9.17, 15) is 14.4 Å². The highest BCUT2D eigenvalue weighted by atomic mass is 16.6. The highest BCUT2D eigenvalue weighted by Gasteiger charge is 2.19. The van der Waals surface area contributed by atoms with E-state index in [1.807, 2.05) is 0 Å². The number of ether oxygens (including phenoxy) is 3. The molecule has 1 unspecified atom stereocenters. The van der Waals surface area contributed by atoms with E-state index in [0.717, 1.165) is 103 Å². The molecule has 0 aromatic heterocycles. The van der Waals surface area contributed by atoms with Crippen LogP contribution in [0.15, 0.2) is 72.9 Å². The number of esters is 3. The molecular formula is C72H128O6. The molecule has 0 bridgehead atoms. The van der Waals surface area contributed by atoms with Crippen LogP contribution in [0.3, 0.4) is 0 Å². The first kappa shape index (κ1) is 74.8. The molecule has 78 heavy (non-hydrogen) atoms. The lowest BCUT2D eigenvalue weighted by Crippen LogP contribution is -2.30. The van der Waals surface area contributed by atoms with E-state index in [1.54, 1.807) is 0 Å². The van der Waals surface area contributed by atoms with Crippen molar-refractivity contribution in [3.8, 4) is 0 Å². The van der Waals surface area contributed by atoms with Crippen LogP contribution >= 0.6 is 0 Å². The summed E-state index contributed by atoms with van der Waals surface area (Å²) in [5.74, 6) is -0.868. The summed E-state index contributed by atoms with van der Waals surface area (Å²) in [5, 5.41) is 0. The van der Waals surface area contributed by atoms with Crippen molar-refractivity contribution in [3.05, 3.63) is 72.9 Å². The molecule has 0 aromatic rings. The van der Waals surface area contributed by atoms with Gasteiger partial charge in [0.15, 0.2) is 6.10 Å². The second-order valence-electron chi connectivity index (χ2n) is 22.7. The van der Waals surface area contributed by atoms with Crippen LogP contribution in [0.4, 0.5) is 0 Å². The maximum absolute atomic E-state index is 12.9. The SMILES string of the molecule is CC/C=C\C/C=C\C/C=C\C/C=C\CCCCCCCCCCCCCCCCCCC(=O)OCC(COC(=O)CCCCCCC/C=C\C/C=C\CCCCC)OC(=O)CCCCCCCCCCCCCCCCCC. The van der Waals surface area contributed by atoms with Gasteiger partial charge in [0.1, 0.15) is 13.2 Å². The fourth-order valence-electron chi connectivity index (χ4n) is 9.88. The minimum atomic E-state index is -0.779. The summed E-state index contributed by atoms with van der Waals surface area (Å²) in [7, 11) is 0. The molecule has 1 atom stereocenters. The zero-order valence-corrected chi connectivity index (χ0v) is 51.9. The predicted octanol–water partition coefficient (Wildman–Crippen LogP) is 23.3. The van der Waals surface area contributed by atoms with Crippen molar-refractivity contribution in [3.63, 3.8) is 0 Å². The van der Waals surface area contributed by atoms with Gasteiger partial charge in [-0.15, -0.1) is 0 Å². The maximum atomic E-state index is 12.9. The normalized spacial score (nSPS) is 12.5. The number of carbonyl (C=O) groups excluding carboxylic acids is 3. The quantitative estimate of drug-likeness (QED) is 0.0261. The average molecular weight is 1090 g/mol. The van der Waals surface area contributed by atoms with Crippen molar-refractivity contribution in [1.29, 1.82) is 0 Å². The van der Waals surface area contributed by atoms with Gasteiger partial charge in [-0.1, -0.05) is 312 Å². The van der Waals surface area contributed by atoms with Gasteiger partial charge in [0, 0.05) is 19.3 Å². The lowest BCUT2D eigenvalue weighted by atomic mass is 10.0. The van der Waals surface area contributed by atoms with Gasteiger partial charge >= 0.3 is 17.9 Å². The molecule has 0 spiro atoms. The van der Waals surface area contributed by atoms with Gasteiger partial charge in [-0.25, -0.2) is 0 Å². The molecule has 0 rings (SSSR count). The molecule has 0 saturated carbocycles. The molecule has 0 N–H and O–H groups in total. The Hall–Kier alpha value is -3.15. The fraction of sp³-hybridized carbons (Fsp3) is 0.792. The van der Waals surface area contributed by atoms with E-state index < -0.39 is 6.10 Å². The first-order valence-electron chi connectivity index (χ1n) is 33.9. The van der Waals surface area contributed by atoms with Crippen LogP contribution in [0.5, 0.6) is 0 Å². The Kier molecular flexibility index (Phi) is 63.7. The Morgan fingerprint density at radius 1 is 0.269 bits per heavy atom. The third kappa shape index (κ3) is 63.7. The lowest BCUT2D eigenvalue weighted by molar-refractivity contribution is -0.167. The van der Waals surface area contributed by atoms with Gasteiger partial charge in [-0.3, -0.25) is 14.4 Å². The van der Waals surface area contributed by atoms with Crippen molar-refractivity contribution in [1.82, 2.24) is 0 Å². The second kappa shape index (κ2) is 66.4. The zero-order valence-electron chi connectivity index (χ0n) is 51.9. The Morgan fingerprint density at radius 3 is 0.808 bits per heavy atom. The van der Waals surface area contributed by atoms with Gasteiger partial charge in [0.2, 0.25) is 0 Å². The number of allylic oxidation sites excluding steroid dienone is 12. The molecule has 0 aliphatic carbocycles. The van der Waals surface area contributed by atoms with Crippen molar-refractivity contribution < 1.29 is 28.6 Å². The van der Waals surface area contributed by atoms with Crippen molar-refractivity contribution in [2.24, 2.45) is 0 Å². The molecule has 0 fully saturated rings. The average Bonchev–Trinajstić information content (AvgIpc) is 3.44. The molecule has 0 aliphatic heterocycles. The maximum Gasteiger partial charge on any atom is 0.306 e. The van der Waals surface area contributed by atoms with Crippen molar-refractivity contribution in [2.45, 2.75) is 354 Å². The number of carbonyl (C=O) groups is 3. The summed E-state index contributed by atoms with van der Waals surface area (Å²) >= 11 is 0.